The number of rotatable bonds is 5. The van der Waals surface area contributed by atoms with E-state index in [0.29, 0.717) is 33.6 Å². The predicted octanol–water partition coefficient (Wildman–Crippen LogP) is 4.32. The second kappa shape index (κ2) is 9.09. The Balaban J connectivity index is 1.78. The Morgan fingerprint density at radius 2 is 2.10 bits per heavy atom. The lowest BCUT2D eigenvalue weighted by Gasteiger charge is -2.09. The molecule has 0 aliphatic heterocycles. The molecule has 0 radical (unpaired) electrons. The first-order valence-corrected chi connectivity index (χ1v) is 12.2. The van der Waals surface area contributed by atoms with Crippen molar-refractivity contribution in [3.8, 4) is 6.07 Å². The van der Waals surface area contributed by atoms with Crippen LogP contribution in [0.25, 0.3) is 5.57 Å². The molecular weight excluding hydrogens is 499 g/mol. The number of nitrogens with one attached hydrogen (secondary N) is 1. The van der Waals surface area contributed by atoms with Gasteiger partial charge in [-0.05, 0) is 55.2 Å². The van der Waals surface area contributed by atoms with Gasteiger partial charge in [-0.2, -0.15) is 5.26 Å². The summed E-state index contributed by atoms with van der Waals surface area (Å²) in [6.07, 6.45) is 8.65. The molecule has 1 aliphatic carbocycles. The van der Waals surface area contributed by atoms with Gasteiger partial charge < -0.3 is 4.98 Å². The molecule has 0 spiro atoms. The summed E-state index contributed by atoms with van der Waals surface area (Å²) in [5.74, 6) is -0.0319. The van der Waals surface area contributed by atoms with Crippen molar-refractivity contribution in [3.63, 3.8) is 0 Å². The first-order valence-electron chi connectivity index (χ1n) is 9.27. The number of nitriles is 1. The van der Waals surface area contributed by atoms with Gasteiger partial charge in [0.25, 0.3) is 0 Å². The Morgan fingerprint density at radius 1 is 1.31 bits per heavy atom. The Kier molecular flexibility index (Phi) is 6.75. The largest absolute Gasteiger partial charge is 0.360 e. The molecule has 0 amide bonds. The molecule has 1 aromatic heterocycles. The maximum Gasteiger partial charge on any atom is 0.180 e. The van der Waals surface area contributed by atoms with E-state index >= 15 is 0 Å². The fourth-order valence-electron chi connectivity index (χ4n) is 3.22. The normalized spacial score (nSPS) is 20.2. The monoisotopic (exact) mass is 520 g/mol. The Hall–Kier alpha value is -2.18. The Bertz CT molecular complexity index is 1140. The van der Waals surface area contributed by atoms with Crippen LogP contribution >= 0.6 is 22.6 Å². The number of alkyl halides is 1. The van der Waals surface area contributed by atoms with Crippen molar-refractivity contribution >= 4 is 43.8 Å². The van der Waals surface area contributed by atoms with Crippen molar-refractivity contribution in [1.29, 1.82) is 5.26 Å². The number of Topliss-reactive ketones (excluding diaryl/α,β-unsaturated/α-hetero) is 1. The summed E-state index contributed by atoms with van der Waals surface area (Å²) in [5, 5.41) is 8.95. The van der Waals surface area contributed by atoms with Crippen LogP contribution in [-0.4, -0.2) is 28.9 Å². The van der Waals surface area contributed by atoms with E-state index in [2.05, 4.69) is 33.6 Å². The highest BCUT2D eigenvalue weighted by molar-refractivity contribution is 14.1. The van der Waals surface area contributed by atoms with Crippen LogP contribution in [0.3, 0.4) is 0 Å². The molecule has 1 aliphatic rings. The first-order chi connectivity index (χ1) is 13.8. The molecule has 2 aromatic rings. The van der Waals surface area contributed by atoms with Crippen LogP contribution in [0.5, 0.6) is 0 Å². The Labute approximate surface area is 184 Å². The van der Waals surface area contributed by atoms with Crippen LogP contribution in [0.4, 0.5) is 0 Å². The molecule has 1 heterocycles. The molecule has 7 heteroatoms. The van der Waals surface area contributed by atoms with Crippen LogP contribution in [0.15, 0.2) is 53.6 Å². The minimum Gasteiger partial charge on any atom is -0.360 e. The molecule has 3 rings (SSSR count). The highest BCUT2D eigenvalue weighted by Gasteiger charge is 2.21. The number of aryl methyl sites for hydroxylation is 2. The van der Waals surface area contributed by atoms with Gasteiger partial charge in [-0.3, -0.25) is 4.79 Å². The van der Waals surface area contributed by atoms with Crippen molar-refractivity contribution in [2.75, 3.05) is 5.75 Å². The van der Waals surface area contributed by atoms with E-state index in [-0.39, 0.29) is 16.4 Å². The zero-order valence-corrected chi connectivity index (χ0v) is 19.0. The maximum atomic E-state index is 12.8. The molecule has 0 saturated carbocycles. The number of hydrogen-bond acceptors (Lipinski definition) is 4. The van der Waals surface area contributed by atoms with E-state index in [4.69, 9.17) is 5.26 Å². The lowest BCUT2D eigenvalue weighted by atomic mass is 10.00. The van der Waals surface area contributed by atoms with Crippen molar-refractivity contribution in [3.05, 3.63) is 71.1 Å². The van der Waals surface area contributed by atoms with Gasteiger partial charge in [-0.15, -0.1) is 0 Å². The zero-order valence-electron chi connectivity index (χ0n) is 16.0. The van der Waals surface area contributed by atoms with Gasteiger partial charge in [0.15, 0.2) is 15.6 Å². The number of allylic oxidation sites excluding steroid dienone is 4. The second-order valence-corrected chi connectivity index (χ2v) is 10.7. The maximum absolute atomic E-state index is 12.8. The third-order valence-electron chi connectivity index (χ3n) is 4.95. The topological polar surface area (TPSA) is 90.8 Å². The van der Waals surface area contributed by atoms with Gasteiger partial charge >= 0.3 is 0 Å². The van der Waals surface area contributed by atoms with Crippen molar-refractivity contribution in [2.45, 2.75) is 35.0 Å². The van der Waals surface area contributed by atoms with E-state index in [1.807, 2.05) is 19.1 Å². The fraction of sp³-hybridized carbons (Fsp3) is 0.273. The Morgan fingerprint density at radius 3 is 2.83 bits per heavy atom. The third kappa shape index (κ3) is 5.25. The highest BCUT2D eigenvalue weighted by Crippen LogP contribution is 2.25. The number of aromatic amines is 1. The van der Waals surface area contributed by atoms with E-state index in [9.17, 15) is 13.2 Å². The number of hydrogen-bond donors (Lipinski definition) is 1. The van der Waals surface area contributed by atoms with Gasteiger partial charge in [-0.25, -0.2) is 8.42 Å². The average molecular weight is 520 g/mol. The van der Waals surface area contributed by atoms with Crippen molar-refractivity contribution < 1.29 is 13.2 Å². The molecule has 1 unspecified atom stereocenters. The molecule has 5 nitrogen and oxygen atoms in total. The number of H-pyrrole nitrogens is 1. The number of benzene rings is 1. The molecule has 150 valence electrons. The summed E-state index contributed by atoms with van der Waals surface area (Å²) in [6.45, 7) is 1.87. The predicted molar refractivity (Wildman–Crippen MR) is 122 cm³/mol. The summed E-state index contributed by atoms with van der Waals surface area (Å²) in [7, 11) is -3.51. The van der Waals surface area contributed by atoms with Crippen molar-refractivity contribution in [2.24, 2.45) is 0 Å². The summed E-state index contributed by atoms with van der Waals surface area (Å²) in [6, 6.07) is 8.89. The highest BCUT2D eigenvalue weighted by atomic mass is 127. The summed E-state index contributed by atoms with van der Waals surface area (Å²) < 4.78 is 25.9. The van der Waals surface area contributed by atoms with E-state index < -0.39 is 9.84 Å². The van der Waals surface area contributed by atoms with E-state index in [1.54, 1.807) is 30.3 Å². The SMILES string of the molecule is Cc1cc(C#N)ccc1CCS(=O)(=O)c1c[nH]c(/C2=C/C=C\C(I)CCC2=O)c1. The van der Waals surface area contributed by atoms with Gasteiger partial charge in [0, 0.05) is 22.1 Å². The zero-order chi connectivity index (χ0) is 21.0. The number of carbonyl (C=O) groups is 1. The first kappa shape index (κ1) is 21.5. The number of ketones is 1. The number of aromatic nitrogens is 1. The quantitative estimate of drug-likeness (QED) is 0.470. The molecule has 1 N–H and O–H groups in total. The number of carbonyl (C=O) groups excluding carboxylic acids is 1. The van der Waals surface area contributed by atoms with Crippen molar-refractivity contribution in [1.82, 2.24) is 4.98 Å². The lowest BCUT2D eigenvalue weighted by Crippen LogP contribution is -2.09. The van der Waals surface area contributed by atoms with Crippen LogP contribution < -0.4 is 0 Å². The summed E-state index contributed by atoms with van der Waals surface area (Å²) in [4.78, 5) is 15.6. The van der Waals surface area contributed by atoms with Crippen LogP contribution in [0.1, 0.15) is 35.2 Å². The van der Waals surface area contributed by atoms with E-state index in [1.165, 1.54) is 6.20 Å². The lowest BCUT2D eigenvalue weighted by molar-refractivity contribution is -0.113. The van der Waals surface area contributed by atoms with Gasteiger partial charge in [0.2, 0.25) is 0 Å². The van der Waals surface area contributed by atoms with Crippen LogP contribution in [-0.2, 0) is 21.1 Å². The molecule has 29 heavy (non-hydrogen) atoms. The molecule has 0 saturated heterocycles. The van der Waals surface area contributed by atoms with Gasteiger partial charge in [-0.1, -0.05) is 40.8 Å². The fourth-order valence-corrected chi connectivity index (χ4v) is 5.03. The molecular formula is C22H21IN2O3S. The number of sulfone groups is 1. The summed E-state index contributed by atoms with van der Waals surface area (Å²) in [5.41, 5.74) is 3.40. The van der Waals surface area contributed by atoms with Crippen LogP contribution in [0, 0.1) is 18.3 Å². The molecule has 1 atom stereocenters. The number of halogens is 1. The molecule has 1 aromatic carbocycles. The molecule has 0 bridgehead atoms. The third-order valence-corrected chi connectivity index (χ3v) is 7.68. The van der Waals surface area contributed by atoms with Gasteiger partial charge in [0.1, 0.15) is 0 Å². The van der Waals surface area contributed by atoms with Crippen LogP contribution in [0.2, 0.25) is 0 Å². The minimum atomic E-state index is -3.51. The van der Waals surface area contributed by atoms with E-state index in [0.717, 1.165) is 17.5 Å². The average Bonchev–Trinajstić information content (AvgIpc) is 3.18. The summed E-state index contributed by atoms with van der Waals surface area (Å²) >= 11 is 2.29. The minimum absolute atomic E-state index is 0.00928. The van der Waals surface area contributed by atoms with Gasteiger partial charge in [0.05, 0.1) is 28.0 Å². The molecule has 0 fully saturated rings. The standard InChI is InChI=1S/C22H21IN2O3S/c1-15-11-16(13-24)5-6-17(15)9-10-29(27,28)19-12-21(25-14-19)20-4-2-3-18(23)7-8-22(20)26/h2-6,11-12,14,18,25H,7-10H2,1H3/b3-2-,20-4-. The number of nitrogens with zero attached hydrogens (tertiary/aromatic N) is 1. The smallest absolute Gasteiger partial charge is 0.180 e. The second-order valence-electron chi connectivity index (χ2n) is 7.01.